The Morgan fingerprint density at radius 1 is 1.28 bits per heavy atom. The van der Waals surface area contributed by atoms with Crippen molar-refractivity contribution in [1.29, 1.82) is 0 Å². The molecule has 0 radical (unpaired) electrons. The van der Waals surface area contributed by atoms with E-state index in [1.807, 2.05) is 12.1 Å². The molecule has 0 spiro atoms. The summed E-state index contributed by atoms with van der Waals surface area (Å²) in [6.45, 7) is 12.5. The summed E-state index contributed by atoms with van der Waals surface area (Å²) in [7, 11) is 0. The van der Waals surface area contributed by atoms with Crippen LogP contribution in [0.25, 0.3) is 0 Å². The van der Waals surface area contributed by atoms with Gasteiger partial charge in [-0.15, -0.1) is 0 Å². The molecule has 0 fully saturated rings. The van der Waals surface area contributed by atoms with E-state index in [0.29, 0.717) is 29.8 Å². The van der Waals surface area contributed by atoms with Gasteiger partial charge < -0.3 is 15.2 Å². The summed E-state index contributed by atoms with van der Waals surface area (Å²) in [5.41, 5.74) is 4.86. The van der Waals surface area contributed by atoms with E-state index in [0.717, 1.165) is 17.2 Å². The summed E-state index contributed by atoms with van der Waals surface area (Å²) in [4.78, 5) is 20.9. The number of carbonyl (C=O) groups is 2. The van der Waals surface area contributed by atoms with E-state index in [9.17, 15) is 9.59 Å². The summed E-state index contributed by atoms with van der Waals surface area (Å²) in [6.07, 6.45) is 1.23. The van der Waals surface area contributed by atoms with Crippen LogP contribution in [0.3, 0.4) is 0 Å². The summed E-state index contributed by atoms with van der Waals surface area (Å²) in [6, 6.07) is 5.49. The quantitative estimate of drug-likeness (QED) is 0.647. The molecule has 0 saturated carbocycles. The third kappa shape index (κ3) is 12.5. The average Bonchev–Trinajstić information content (AvgIpc) is 2.43. The van der Waals surface area contributed by atoms with Gasteiger partial charge in [-0.25, -0.2) is 4.79 Å². The summed E-state index contributed by atoms with van der Waals surface area (Å²) in [5.74, 6) is 1.83. The Morgan fingerprint density at radius 3 is 2.28 bits per heavy atom. The second-order valence-corrected chi connectivity index (χ2v) is 8.29. The normalized spacial score (nSPS) is 12.0. The highest BCUT2D eigenvalue weighted by molar-refractivity contribution is 9.10. The molecule has 1 aromatic carbocycles. The fourth-order valence-electron chi connectivity index (χ4n) is 2.15. The number of halogens is 1. The number of nitrogens with two attached hydrogens (primary N) is 1. The van der Waals surface area contributed by atoms with E-state index in [4.69, 9.17) is 10.5 Å². The Bertz CT molecular complexity index is 553. The highest BCUT2D eigenvalue weighted by atomic mass is 79.9. The number of amides is 1. The Hall–Kier alpha value is -1.56. The molecule has 1 amide bonds. The van der Waals surface area contributed by atoms with Gasteiger partial charge in [-0.05, 0) is 57.2 Å². The lowest BCUT2D eigenvalue weighted by molar-refractivity contribution is 0.0600. The van der Waals surface area contributed by atoms with Crippen LogP contribution in [0.1, 0.15) is 58.3 Å². The van der Waals surface area contributed by atoms with E-state index in [1.165, 1.54) is 0 Å². The molecular formula is C19H30BrNO4. The van der Waals surface area contributed by atoms with Crippen molar-refractivity contribution in [3.05, 3.63) is 28.2 Å². The van der Waals surface area contributed by atoms with Gasteiger partial charge in [-0.2, -0.15) is 0 Å². The first-order valence-corrected chi connectivity index (χ1v) is 9.10. The molecule has 1 rings (SSSR count). The van der Waals surface area contributed by atoms with Gasteiger partial charge in [-0.1, -0.05) is 36.7 Å². The van der Waals surface area contributed by atoms with E-state index in [1.54, 1.807) is 26.8 Å². The molecule has 0 aliphatic carbocycles. The standard InChI is InChI=1S/C14H19BrO2.C5H11NO2/c1-10(2)6-11(3)9-17-14-5-4-13(15)7-12(14)8-16;1-5(2,3)8-4(6)7/h4-5,7-8,10-11H,6,9H2,1-3H3;1-3H3,(H2,6,7). The van der Waals surface area contributed by atoms with Crippen molar-refractivity contribution < 1.29 is 19.1 Å². The first-order valence-electron chi connectivity index (χ1n) is 8.30. The van der Waals surface area contributed by atoms with E-state index in [2.05, 4.69) is 41.4 Å². The number of hydrogen-bond acceptors (Lipinski definition) is 4. The maximum absolute atomic E-state index is 10.9. The first-order chi connectivity index (χ1) is 11.4. The van der Waals surface area contributed by atoms with Crippen LogP contribution in [0, 0.1) is 11.8 Å². The number of benzene rings is 1. The van der Waals surface area contributed by atoms with Gasteiger partial charge in [0.25, 0.3) is 0 Å². The second-order valence-electron chi connectivity index (χ2n) is 7.38. The Labute approximate surface area is 159 Å². The van der Waals surface area contributed by atoms with Crippen LogP contribution in [0.2, 0.25) is 0 Å². The molecule has 6 heteroatoms. The largest absolute Gasteiger partial charge is 0.493 e. The number of hydrogen-bond donors (Lipinski definition) is 1. The molecule has 0 aliphatic heterocycles. The fourth-order valence-corrected chi connectivity index (χ4v) is 2.53. The topological polar surface area (TPSA) is 78.6 Å². The van der Waals surface area contributed by atoms with Gasteiger partial charge in [0, 0.05) is 4.47 Å². The highest BCUT2D eigenvalue weighted by Crippen LogP contribution is 2.23. The Kier molecular flexibility index (Phi) is 10.4. The first kappa shape index (κ1) is 23.4. The molecule has 142 valence electrons. The van der Waals surface area contributed by atoms with Crippen molar-refractivity contribution in [1.82, 2.24) is 0 Å². The monoisotopic (exact) mass is 415 g/mol. The third-order valence-corrected chi connectivity index (χ3v) is 3.40. The Balaban J connectivity index is 0.000000609. The second kappa shape index (κ2) is 11.1. The van der Waals surface area contributed by atoms with Gasteiger partial charge in [0.05, 0.1) is 12.2 Å². The smallest absolute Gasteiger partial charge is 0.405 e. The van der Waals surface area contributed by atoms with Crippen LogP contribution >= 0.6 is 15.9 Å². The number of rotatable bonds is 6. The molecule has 0 heterocycles. The van der Waals surface area contributed by atoms with Crippen molar-refractivity contribution in [3.63, 3.8) is 0 Å². The Morgan fingerprint density at radius 2 is 1.88 bits per heavy atom. The minimum atomic E-state index is -0.725. The molecular weight excluding hydrogens is 386 g/mol. The molecule has 5 nitrogen and oxygen atoms in total. The summed E-state index contributed by atoms with van der Waals surface area (Å²) >= 11 is 3.34. The van der Waals surface area contributed by atoms with Gasteiger partial charge in [0.1, 0.15) is 11.4 Å². The molecule has 2 N–H and O–H groups in total. The maximum atomic E-state index is 10.9. The van der Waals surface area contributed by atoms with Crippen LogP contribution in [-0.4, -0.2) is 24.6 Å². The van der Waals surface area contributed by atoms with Gasteiger partial charge in [0.15, 0.2) is 6.29 Å². The lowest BCUT2D eigenvalue weighted by Gasteiger charge is -2.16. The lowest BCUT2D eigenvalue weighted by atomic mass is 10.00. The number of carbonyl (C=O) groups excluding carboxylic acids is 2. The predicted octanol–water partition coefficient (Wildman–Crippen LogP) is 5.20. The van der Waals surface area contributed by atoms with Crippen LogP contribution < -0.4 is 10.5 Å². The molecule has 1 unspecified atom stereocenters. The number of ether oxygens (including phenoxy) is 2. The molecule has 0 saturated heterocycles. The van der Waals surface area contributed by atoms with E-state index < -0.39 is 11.7 Å². The molecule has 1 atom stereocenters. The van der Waals surface area contributed by atoms with Crippen molar-refractivity contribution in [3.8, 4) is 5.75 Å². The third-order valence-electron chi connectivity index (χ3n) is 2.90. The van der Waals surface area contributed by atoms with Gasteiger partial charge in [-0.3, -0.25) is 4.79 Å². The molecule has 0 bridgehead atoms. The molecule has 1 aromatic rings. The fraction of sp³-hybridized carbons (Fsp3) is 0.579. The number of primary amides is 1. The zero-order chi connectivity index (χ0) is 19.6. The minimum absolute atomic E-state index is 0.453. The van der Waals surface area contributed by atoms with Crippen LogP contribution in [0.5, 0.6) is 5.75 Å². The van der Waals surface area contributed by atoms with Gasteiger partial charge in [0.2, 0.25) is 0 Å². The van der Waals surface area contributed by atoms with Crippen molar-refractivity contribution in [2.24, 2.45) is 17.6 Å². The van der Waals surface area contributed by atoms with Crippen LogP contribution in [0.4, 0.5) is 4.79 Å². The predicted molar refractivity (Wildman–Crippen MR) is 104 cm³/mol. The van der Waals surface area contributed by atoms with E-state index in [-0.39, 0.29) is 0 Å². The van der Waals surface area contributed by atoms with Crippen LogP contribution in [-0.2, 0) is 4.74 Å². The van der Waals surface area contributed by atoms with Gasteiger partial charge >= 0.3 is 6.09 Å². The maximum Gasteiger partial charge on any atom is 0.405 e. The average molecular weight is 416 g/mol. The molecule has 25 heavy (non-hydrogen) atoms. The van der Waals surface area contributed by atoms with Crippen LogP contribution in [0.15, 0.2) is 22.7 Å². The van der Waals surface area contributed by atoms with Crippen molar-refractivity contribution in [2.45, 2.75) is 53.6 Å². The minimum Gasteiger partial charge on any atom is -0.493 e. The molecule has 0 aromatic heterocycles. The van der Waals surface area contributed by atoms with Crippen molar-refractivity contribution >= 4 is 28.3 Å². The number of aldehydes is 1. The summed E-state index contributed by atoms with van der Waals surface area (Å²) < 4.78 is 11.2. The summed E-state index contributed by atoms with van der Waals surface area (Å²) in [5, 5.41) is 0. The van der Waals surface area contributed by atoms with E-state index >= 15 is 0 Å². The van der Waals surface area contributed by atoms with Crippen molar-refractivity contribution in [2.75, 3.05) is 6.61 Å². The zero-order valence-corrected chi connectivity index (χ0v) is 17.6. The highest BCUT2D eigenvalue weighted by Gasteiger charge is 2.12. The zero-order valence-electron chi connectivity index (χ0n) is 16.0. The lowest BCUT2D eigenvalue weighted by Crippen LogP contribution is -2.27. The molecule has 0 aliphatic rings. The SMILES string of the molecule is CC(C)(C)OC(N)=O.CC(C)CC(C)COc1ccc(Br)cc1C=O.